The molecule has 1 unspecified atom stereocenters. The van der Waals surface area contributed by atoms with Crippen LogP contribution < -0.4 is 14.8 Å². The van der Waals surface area contributed by atoms with Crippen LogP contribution in [0.15, 0.2) is 18.2 Å². The van der Waals surface area contributed by atoms with Gasteiger partial charge in [0, 0.05) is 0 Å². The second-order valence-corrected chi connectivity index (χ2v) is 4.45. The molecule has 1 aromatic rings. The molecule has 0 amide bonds. The van der Waals surface area contributed by atoms with Crippen LogP contribution in [0, 0.1) is 0 Å². The third-order valence-corrected chi connectivity index (χ3v) is 3.04. The minimum atomic E-state index is -0.873. The Labute approximate surface area is 109 Å². The Kier molecular flexibility index (Phi) is 5.44. The number of nitrogens with one attached hydrogen (secondary N) is 1. The SMILES string of the molecule is CCNCCC(C)(O)c1ccc(OC)c(OC)c1. The van der Waals surface area contributed by atoms with Crippen molar-refractivity contribution >= 4 is 0 Å². The minimum absolute atomic E-state index is 0.638. The van der Waals surface area contributed by atoms with E-state index in [0.717, 1.165) is 18.7 Å². The van der Waals surface area contributed by atoms with Gasteiger partial charge in [-0.3, -0.25) is 0 Å². The maximum atomic E-state index is 10.5. The Morgan fingerprint density at radius 2 is 1.89 bits per heavy atom. The summed E-state index contributed by atoms with van der Waals surface area (Å²) in [4.78, 5) is 0. The monoisotopic (exact) mass is 253 g/mol. The van der Waals surface area contributed by atoms with Crippen LogP contribution in [0.1, 0.15) is 25.8 Å². The number of hydrogen-bond acceptors (Lipinski definition) is 4. The molecule has 0 fully saturated rings. The van der Waals surface area contributed by atoms with Crippen molar-refractivity contribution in [2.45, 2.75) is 25.9 Å². The van der Waals surface area contributed by atoms with Crippen LogP contribution in [0.5, 0.6) is 11.5 Å². The van der Waals surface area contributed by atoms with E-state index in [1.807, 2.05) is 32.0 Å². The molecule has 0 aliphatic heterocycles. The first-order valence-electron chi connectivity index (χ1n) is 6.20. The van der Waals surface area contributed by atoms with Gasteiger partial charge in [0.25, 0.3) is 0 Å². The first kappa shape index (κ1) is 14.8. The molecule has 4 nitrogen and oxygen atoms in total. The molecule has 1 rings (SSSR count). The highest BCUT2D eigenvalue weighted by Gasteiger charge is 2.23. The van der Waals surface area contributed by atoms with Gasteiger partial charge in [-0.05, 0) is 44.1 Å². The van der Waals surface area contributed by atoms with E-state index in [1.54, 1.807) is 14.2 Å². The highest BCUT2D eigenvalue weighted by Crippen LogP contribution is 2.33. The van der Waals surface area contributed by atoms with Gasteiger partial charge < -0.3 is 19.9 Å². The molecule has 0 aliphatic rings. The zero-order chi connectivity index (χ0) is 13.6. The average Bonchev–Trinajstić information content (AvgIpc) is 2.38. The summed E-state index contributed by atoms with van der Waals surface area (Å²) in [6.45, 7) is 5.54. The molecular weight excluding hydrogens is 230 g/mol. The van der Waals surface area contributed by atoms with Crippen molar-refractivity contribution in [2.24, 2.45) is 0 Å². The summed E-state index contributed by atoms with van der Waals surface area (Å²) in [6, 6.07) is 5.51. The molecule has 0 bridgehead atoms. The lowest BCUT2D eigenvalue weighted by Crippen LogP contribution is -2.27. The summed E-state index contributed by atoms with van der Waals surface area (Å²) >= 11 is 0. The van der Waals surface area contributed by atoms with Gasteiger partial charge in [0.05, 0.1) is 19.8 Å². The standard InChI is InChI=1S/C14H23NO3/c1-5-15-9-8-14(2,16)11-6-7-12(17-3)13(10-11)18-4/h6-7,10,15-16H,5,8-9H2,1-4H3. The van der Waals surface area contributed by atoms with Crippen molar-refractivity contribution in [3.05, 3.63) is 23.8 Å². The lowest BCUT2D eigenvalue weighted by atomic mass is 9.92. The predicted octanol–water partition coefficient (Wildman–Crippen LogP) is 1.91. The second kappa shape index (κ2) is 6.61. The normalized spacial score (nSPS) is 14.1. The summed E-state index contributed by atoms with van der Waals surface area (Å²) < 4.78 is 10.4. The summed E-state index contributed by atoms with van der Waals surface area (Å²) in [5.41, 5.74) is -0.0418. The number of rotatable bonds is 7. The molecule has 0 saturated carbocycles. The van der Waals surface area contributed by atoms with E-state index in [4.69, 9.17) is 9.47 Å². The summed E-state index contributed by atoms with van der Waals surface area (Å²) in [7, 11) is 3.19. The van der Waals surface area contributed by atoms with Crippen LogP contribution in [0.3, 0.4) is 0 Å². The van der Waals surface area contributed by atoms with Gasteiger partial charge in [0.2, 0.25) is 0 Å². The molecule has 0 spiro atoms. The Balaban J connectivity index is 2.87. The Bertz CT molecular complexity index is 377. The summed E-state index contributed by atoms with van der Waals surface area (Å²) in [5, 5.41) is 13.7. The van der Waals surface area contributed by atoms with E-state index in [1.165, 1.54) is 0 Å². The van der Waals surface area contributed by atoms with Crippen LogP contribution in [-0.2, 0) is 5.60 Å². The van der Waals surface area contributed by atoms with E-state index >= 15 is 0 Å². The van der Waals surface area contributed by atoms with Gasteiger partial charge in [-0.2, -0.15) is 0 Å². The van der Waals surface area contributed by atoms with Crippen LogP contribution in [-0.4, -0.2) is 32.4 Å². The number of benzene rings is 1. The van der Waals surface area contributed by atoms with Crippen molar-refractivity contribution in [3.8, 4) is 11.5 Å². The van der Waals surface area contributed by atoms with Crippen molar-refractivity contribution in [1.82, 2.24) is 5.32 Å². The predicted molar refractivity (Wildman–Crippen MR) is 72.3 cm³/mol. The fourth-order valence-corrected chi connectivity index (χ4v) is 1.82. The Morgan fingerprint density at radius 3 is 2.44 bits per heavy atom. The van der Waals surface area contributed by atoms with Crippen molar-refractivity contribution in [3.63, 3.8) is 0 Å². The van der Waals surface area contributed by atoms with E-state index in [0.29, 0.717) is 17.9 Å². The first-order valence-corrected chi connectivity index (χ1v) is 6.20. The third kappa shape index (κ3) is 3.62. The maximum absolute atomic E-state index is 10.5. The zero-order valence-electron chi connectivity index (χ0n) is 11.6. The fraction of sp³-hybridized carbons (Fsp3) is 0.571. The van der Waals surface area contributed by atoms with Gasteiger partial charge in [-0.1, -0.05) is 13.0 Å². The molecule has 0 aliphatic carbocycles. The van der Waals surface area contributed by atoms with Crippen LogP contribution >= 0.6 is 0 Å². The Morgan fingerprint density at radius 1 is 1.22 bits per heavy atom. The van der Waals surface area contributed by atoms with Gasteiger partial charge >= 0.3 is 0 Å². The number of methoxy groups -OCH3 is 2. The molecule has 0 saturated heterocycles. The summed E-state index contributed by atoms with van der Waals surface area (Å²) in [6.07, 6.45) is 0.649. The molecule has 0 aromatic heterocycles. The van der Waals surface area contributed by atoms with E-state index < -0.39 is 5.60 Å². The maximum Gasteiger partial charge on any atom is 0.161 e. The zero-order valence-corrected chi connectivity index (χ0v) is 11.6. The topological polar surface area (TPSA) is 50.7 Å². The van der Waals surface area contributed by atoms with Gasteiger partial charge in [0.15, 0.2) is 11.5 Å². The van der Waals surface area contributed by atoms with Crippen molar-refractivity contribution < 1.29 is 14.6 Å². The van der Waals surface area contributed by atoms with E-state index in [2.05, 4.69) is 5.32 Å². The second-order valence-electron chi connectivity index (χ2n) is 4.45. The van der Waals surface area contributed by atoms with E-state index in [9.17, 15) is 5.11 Å². The summed E-state index contributed by atoms with van der Waals surface area (Å²) in [5.74, 6) is 1.31. The van der Waals surface area contributed by atoms with Gasteiger partial charge in [0.1, 0.15) is 0 Å². The average molecular weight is 253 g/mol. The van der Waals surface area contributed by atoms with Crippen LogP contribution in [0.2, 0.25) is 0 Å². The Hall–Kier alpha value is -1.26. The number of ether oxygens (including phenoxy) is 2. The molecule has 1 aromatic carbocycles. The molecule has 102 valence electrons. The van der Waals surface area contributed by atoms with Crippen molar-refractivity contribution in [1.29, 1.82) is 0 Å². The molecule has 0 heterocycles. The largest absolute Gasteiger partial charge is 0.493 e. The highest BCUT2D eigenvalue weighted by atomic mass is 16.5. The lowest BCUT2D eigenvalue weighted by molar-refractivity contribution is 0.0479. The molecule has 18 heavy (non-hydrogen) atoms. The molecule has 0 radical (unpaired) electrons. The van der Waals surface area contributed by atoms with Crippen LogP contribution in [0.25, 0.3) is 0 Å². The molecule has 1 atom stereocenters. The number of hydrogen-bond donors (Lipinski definition) is 2. The fourth-order valence-electron chi connectivity index (χ4n) is 1.82. The highest BCUT2D eigenvalue weighted by molar-refractivity contribution is 5.44. The van der Waals surface area contributed by atoms with Crippen molar-refractivity contribution in [2.75, 3.05) is 27.3 Å². The van der Waals surface area contributed by atoms with Gasteiger partial charge in [-0.25, -0.2) is 0 Å². The molecular formula is C14H23NO3. The lowest BCUT2D eigenvalue weighted by Gasteiger charge is -2.25. The molecule has 2 N–H and O–H groups in total. The smallest absolute Gasteiger partial charge is 0.161 e. The number of aliphatic hydroxyl groups is 1. The third-order valence-electron chi connectivity index (χ3n) is 3.04. The first-order chi connectivity index (χ1) is 8.55. The van der Waals surface area contributed by atoms with Crippen LogP contribution in [0.4, 0.5) is 0 Å². The quantitative estimate of drug-likeness (QED) is 0.729. The molecule has 4 heteroatoms. The van der Waals surface area contributed by atoms with E-state index in [-0.39, 0.29) is 0 Å². The minimum Gasteiger partial charge on any atom is -0.493 e. The van der Waals surface area contributed by atoms with Gasteiger partial charge in [-0.15, -0.1) is 0 Å².